The molecule has 0 aliphatic heterocycles. The van der Waals surface area contributed by atoms with Crippen molar-refractivity contribution in [1.29, 1.82) is 0 Å². The van der Waals surface area contributed by atoms with Crippen LogP contribution >= 0.6 is 15.9 Å². The van der Waals surface area contributed by atoms with Gasteiger partial charge in [-0.25, -0.2) is 0 Å². The normalized spacial score (nSPS) is 10.5. The summed E-state index contributed by atoms with van der Waals surface area (Å²) in [4.78, 5) is 11.4. The first kappa shape index (κ1) is 8.51. The van der Waals surface area contributed by atoms with E-state index < -0.39 is 0 Å². The second-order valence-electron chi connectivity index (χ2n) is 2.77. The molecule has 0 N–H and O–H groups in total. The lowest BCUT2D eigenvalue weighted by atomic mass is 10.3. The Morgan fingerprint density at radius 1 is 1.31 bits per heavy atom. The zero-order valence-electron chi connectivity index (χ0n) is 6.90. The Morgan fingerprint density at radius 3 is 2.92 bits per heavy atom. The molecule has 0 saturated heterocycles. The average molecular weight is 238 g/mol. The summed E-state index contributed by atoms with van der Waals surface area (Å²) in [7, 11) is 0. The van der Waals surface area contributed by atoms with E-state index in [1.165, 1.54) is 0 Å². The number of carbonyl (C=O) groups is 1. The predicted octanol–water partition coefficient (Wildman–Crippen LogP) is 2.52. The number of hydrogen-bond acceptors (Lipinski definition) is 1. The molecule has 2 aromatic heterocycles. The maximum Gasteiger partial charge on any atom is 0.190 e. The molecule has 3 heteroatoms. The first-order valence-electron chi connectivity index (χ1n) is 3.98. The van der Waals surface area contributed by atoms with Gasteiger partial charge >= 0.3 is 0 Å². The maximum atomic E-state index is 11.4. The highest BCUT2D eigenvalue weighted by atomic mass is 79.9. The molecule has 13 heavy (non-hydrogen) atoms. The fourth-order valence-electron chi connectivity index (χ4n) is 1.35. The summed E-state index contributed by atoms with van der Waals surface area (Å²) in [6, 6.07) is 9.63. The molecule has 2 heterocycles. The summed E-state index contributed by atoms with van der Waals surface area (Å²) in [5, 5.41) is 0.369. The average Bonchev–Trinajstić information content (AvgIpc) is 2.60. The van der Waals surface area contributed by atoms with Crippen LogP contribution in [0.3, 0.4) is 0 Å². The van der Waals surface area contributed by atoms with E-state index in [0.29, 0.717) is 5.33 Å². The molecule has 0 saturated carbocycles. The molecule has 2 nitrogen and oxygen atoms in total. The number of nitrogens with zero attached hydrogens (tertiary/aromatic N) is 1. The molecule has 0 radical (unpaired) electrons. The molecular weight excluding hydrogens is 230 g/mol. The molecular formula is C10H8BrNO. The number of carbonyl (C=O) groups excluding carboxylic acids is 1. The van der Waals surface area contributed by atoms with Crippen LogP contribution in [0.4, 0.5) is 0 Å². The number of alkyl halides is 1. The maximum absolute atomic E-state index is 11.4. The van der Waals surface area contributed by atoms with Gasteiger partial charge < -0.3 is 4.40 Å². The van der Waals surface area contributed by atoms with Crippen LogP contribution in [0.15, 0.2) is 36.5 Å². The minimum Gasteiger partial charge on any atom is -0.314 e. The van der Waals surface area contributed by atoms with Crippen molar-refractivity contribution >= 4 is 27.2 Å². The van der Waals surface area contributed by atoms with Crippen LogP contribution in [-0.2, 0) is 0 Å². The first-order chi connectivity index (χ1) is 6.33. The highest BCUT2D eigenvalue weighted by Gasteiger charge is 2.07. The molecule has 2 aromatic rings. The summed E-state index contributed by atoms with van der Waals surface area (Å²) in [5.74, 6) is 0.103. The molecule has 66 valence electrons. The standard InChI is InChI=1S/C10H8BrNO/c11-7-10(13)9-5-4-8-3-1-2-6-12(8)9/h1-6H,7H2. The Hall–Kier alpha value is -1.09. The quantitative estimate of drug-likeness (QED) is 0.581. The minimum atomic E-state index is 0.103. The largest absolute Gasteiger partial charge is 0.314 e. The van der Waals surface area contributed by atoms with Crippen LogP contribution in [0.25, 0.3) is 5.52 Å². The van der Waals surface area contributed by atoms with E-state index in [1.807, 2.05) is 40.9 Å². The van der Waals surface area contributed by atoms with Crippen LogP contribution < -0.4 is 0 Å². The molecule has 0 aliphatic carbocycles. The first-order valence-corrected chi connectivity index (χ1v) is 5.10. The highest BCUT2D eigenvalue weighted by Crippen LogP contribution is 2.10. The van der Waals surface area contributed by atoms with Gasteiger partial charge in [0.25, 0.3) is 0 Å². The third-order valence-corrected chi connectivity index (χ3v) is 2.48. The van der Waals surface area contributed by atoms with Crippen LogP contribution in [0.2, 0.25) is 0 Å². The van der Waals surface area contributed by atoms with Crippen molar-refractivity contribution in [2.75, 3.05) is 5.33 Å². The monoisotopic (exact) mass is 237 g/mol. The highest BCUT2D eigenvalue weighted by molar-refractivity contribution is 9.09. The molecule has 0 fully saturated rings. The van der Waals surface area contributed by atoms with Gasteiger partial charge in [-0.1, -0.05) is 22.0 Å². The number of ketones is 1. The van der Waals surface area contributed by atoms with Crippen molar-refractivity contribution in [1.82, 2.24) is 4.40 Å². The SMILES string of the molecule is O=C(CBr)c1ccc2ccccn12. The third-order valence-electron chi connectivity index (χ3n) is 1.97. The number of halogens is 1. The fraction of sp³-hybridized carbons (Fsp3) is 0.100. The lowest BCUT2D eigenvalue weighted by Crippen LogP contribution is -2.03. The van der Waals surface area contributed by atoms with E-state index in [2.05, 4.69) is 15.9 Å². The zero-order valence-corrected chi connectivity index (χ0v) is 8.49. The smallest absolute Gasteiger partial charge is 0.190 e. The molecule has 0 unspecified atom stereocenters. The van der Waals surface area contributed by atoms with Crippen molar-refractivity contribution < 1.29 is 4.79 Å². The molecule has 0 amide bonds. The van der Waals surface area contributed by atoms with Crippen molar-refractivity contribution in [3.63, 3.8) is 0 Å². The van der Waals surface area contributed by atoms with Crippen molar-refractivity contribution in [3.05, 3.63) is 42.2 Å². The van der Waals surface area contributed by atoms with Gasteiger partial charge in [0.15, 0.2) is 5.78 Å². The Morgan fingerprint density at radius 2 is 2.15 bits per heavy atom. The van der Waals surface area contributed by atoms with Crippen molar-refractivity contribution in [3.8, 4) is 0 Å². The van der Waals surface area contributed by atoms with Crippen LogP contribution in [-0.4, -0.2) is 15.5 Å². The summed E-state index contributed by atoms with van der Waals surface area (Å²) >= 11 is 3.16. The molecule has 0 aromatic carbocycles. The number of pyridine rings is 1. The lowest BCUT2D eigenvalue weighted by molar-refractivity contribution is 0.101. The molecule has 0 bridgehead atoms. The van der Waals surface area contributed by atoms with Gasteiger partial charge in [0.1, 0.15) is 0 Å². The number of rotatable bonds is 2. The van der Waals surface area contributed by atoms with E-state index in [9.17, 15) is 4.79 Å². The molecule has 2 rings (SSSR count). The zero-order chi connectivity index (χ0) is 9.26. The number of fused-ring (bicyclic) bond motifs is 1. The predicted molar refractivity (Wildman–Crippen MR) is 55.5 cm³/mol. The summed E-state index contributed by atoms with van der Waals surface area (Å²) in [6.07, 6.45) is 1.89. The van der Waals surface area contributed by atoms with E-state index in [0.717, 1.165) is 11.2 Å². The second kappa shape index (κ2) is 3.34. The molecule has 0 aliphatic rings. The summed E-state index contributed by atoms with van der Waals surface area (Å²) in [5.41, 5.74) is 1.78. The topological polar surface area (TPSA) is 21.5 Å². The van der Waals surface area contributed by atoms with Crippen LogP contribution in [0, 0.1) is 0 Å². The Bertz CT molecular complexity index is 447. The molecule has 0 spiro atoms. The summed E-state index contributed by atoms with van der Waals surface area (Å²) < 4.78 is 1.89. The second-order valence-corrected chi connectivity index (χ2v) is 3.33. The summed E-state index contributed by atoms with van der Waals surface area (Å²) in [6.45, 7) is 0. The van der Waals surface area contributed by atoms with Gasteiger partial charge in [-0.15, -0.1) is 0 Å². The third kappa shape index (κ3) is 1.40. The van der Waals surface area contributed by atoms with Gasteiger partial charge in [0.05, 0.1) is 11.0 Å². The lowest BCUT2D eigenvalue weighted by Gasteiger charge is -1.98. The van der Waals surface area contributed by atoms with Crippen LogP contribution in [0.5, 0.6) is 0 Å². The fourth-order valence-corrected chi connectivity index (χ4v) is 1.64. The van der Waals surface area contributed by atoms with E-state index >= 15 is 0 Å². The number of aromatic nitrogens is 1. The Labute approximate surface area is 84.3 Å². The van der Waals surface area contributed by atoms with Gasteiger partial charge in [-0.05, 0) is 24.3 Å². The molecule has 0 atom stereocenters. The van der Waals surface area contributed by atoms with Crippen LogP contribution in [0.1, 0.15) is 10.5 Å². The number of hydrogen-bond donors (Lipinski definition) is 0. The van der Waals surface area contributed by atoms with E-state index in [1.54, 1.807) is 0 Å². The Kier molecular flexibility index (Phi) is 2.19. The van der Waals surface area contributed by atoms with E-state index in [4.69, 9.17) is 0 Å². The van der Waals surface area contributed by atoms with Crippen molar-refractivity contribution in [2.45, 2.75) is 0 Å². The van der Waals surface area contributed by atoms with Gasteiger partial charge in [-0.2, -0.15) is 0 Å². The van der Waals surface area contributed by atoms with Gasteiger partial charge in [-0.3, -0.25) is 4.79 Å². The van der Waals surface area contributed by atoms with Crippen molar-refractivity contribution in [2.24, 2.45) is 0 Å². The number of Topliss-reactive ketones (excluding diaryl/α,β-unsaturated/α-hetero) is 1. The Balaban J connectivity index is 2.64. The van der Waals surface area contributed by atoms with Gasteiger partial charge in [0.2, 0.25) is 0 Å². The van der Waals surface area contributed by atoms with Gasteiger partial charge in [0, 0.05) is 11.7 Å². The van der Waals surface area contributed by atoms with E-state index in [-0.39, 0.29) is 5.78 Å². The minimum absolute atomic E-state index is 0.103.